The maximum absolute atomic E-state index is 13.3. The van der Waals surface area contributed by atoms with Gasteiger partial charge in [-0.3, -0.25) is 4.52 Å². The molecule has 3 rings (SSSR count). The Morgan fingerprint density at radius 1 is 1.40 bits per heavy atom. The van der Waals surface area contributed by atoms with Crippen molar-refractivity contribution in [2.45, 2.75) is 0 Å². The Kier molecular flexibility index (Phi) is 4.64. The first-order valence-electron chi connectivity index (χ1n) is 6.73. The molecule has 0 bridgehead atoms. The van der Waals surface area contributed by atoms with Gasteiger partial charge in [-0.15, -0.1) is 0 Å². The van der Waals surface area contributed by atoms with Crippen LogP contribution < -0.4 is 11.1 Å². The maximum Gasteiger partial charge on any atom is 0.446 e. The fraction of sp³-hybridized carbons (Fsp3) is 0.167. The molecule has 2 heterocycles. The highest BCUT2D eigenvalue weighted by atomic mass is 35.5. The van der Waals surface area contributed by atoms with Crippen LogP contribution >= 0.6 is 11.6 Å². The van der Waals surface area contributed by atoms with E-state index in [1.54, 1.807) is 0 Å². The molecule has 3 aromatic rings. The van der Waals surface area contributed by atoms with E-state index in [1.807, 2.05) is 0 Å². The summed E-state index contributed by atoms with van der Waals surface area (Å²) in [7, 11) is 0. The molecular weight excluding hydrogens is 359 g/mol. The molecule has 0 saturated heterocycles. The number of benzene rings is 1. The van der Waals surface area contributed by atoms with Crippen molar-refractivity contribution in [3.8, 4) is 17.2 Å². The molecule has 0 atom stereocenters. The predicted octanol–water partition coefficient (Wildman–Crippen LogP) is 2.39. The van der Waals surface area contributed by atoms with Crippen LogP contribution in [0.4, 0.5) is 10.2 Å². The van der Waals surface area contributed by atoms with Gasteiger partial charge in [0.05, 0.1) is 10.7 Å². The fourth-order valence-electron chi connectivity index (χ4n) is 1.97. The van der Waals surface area contributed by atoms with Crippen LogP contribution in [0.3, 0.4) is 0 Å². The largest absolute Gasteiger partial charge is 0.446 e. The van der Waals surface area contributed by atoms with Gasteiger partial charge >= 0.3 is 5.76 Å². The molecule has 0 aliphatic rings. The van der Waals surface area contributed by atoms with Crippen LogP contribution in [0, 0.1) is 5.82 Å². The standard InChI is InChI=1S/C12H8ClFN8O3/c13-7-5-6(1-2-8(7)14)22-11(20-24-12(22)23)9-10(19-25-18-9)16-3-4-17-21-15/h1-2,5H,3-4H2,(H,16,19). The normalized spacial score (nSPS) is 10.5. The molecule has 25 heavy (non-hydrogen) atoms. The Balaban J connectivity index is 2.00. The quantitative estimate of drug-likeness (QED) is 0.304. The first-order chi connectivity index (χ1) is 12.1. The molecular formula is C12H8ClFN8O3. The first kappa shape index (κ1) is 16.5. The number of hydrogen-bond donors (Lipinski definition) is 1. The minimum atomic E-state index is -0.833. The summed E-state index contributed by atoms with van der Waals surface area (Å²) in [4.78, 5) is 14.6. The number of hydrogen-bond acceptors (Lipinski definition) is 8. The van der Waals surface area contributed by atoms with Crippen LogP contribution in [0.25, 0.3) is 27.6 Å². The molecule has 1 N–H and O–H groups in total. The fourth-order valence-corrected chi connectivity index (χ4v) is 2.15. The van der Waals surface area contributed by atoms with E-state index in [2.05, 4.69) is 40.0 Å². The van der Waals surface area contributed by atoms with E-state index in [0.717, 1.165) is 10.6 Å². The molecule has 13 heteroatoms. The highest BCUT2D eigenvalue weighted by Gasteiger charge is 2.22. The average Bonchev–Trinajstić information content (AvgIpc) is 3.20. The number of azide groups is 1. The number of anilines is 1. The number of nitrogens with one attached hydrogen (secondary N) is 1. The molecule has 11 nitrogen and oxygen atoms in total. The minimum absolute atomic E-state index is 0.0276. The van der Waals surface area contributed by atoms with Gasteiger partial charge in [0.15, 0.2) is 5.69 Å². The van der Waals surface area contributed by atoms with Gasteiger partial charge in [-0.1, -0.05) is 21.9 Å². The second-order valence-corrected chi connectivity index (χ2v) is 4.96. The lowest BCUT2D eigenvalue weighted by Crippen LogP contribution is -2.14. The van der Waals surface area contributed by atoms with E-state index < -0.39 is 11.6 Å². The Labute approximate surface area is 142 Å². The Morgan fingerprint density at radius 2 is 2.24 bits per heavy atom. The van der Waals surface area contributed by atoms with E-state index in [1.165, 1.54) is 12.1 Å². The van der Waals surface area contributed by atoms with Crippen molar-refractivity contribution >= 4 is 17.4 Å². The minimum Gasteiger partial charge on any atom is -0.365 e. The summed E-state index contributed by atoms with van der Waals surface area (Å²) >= 11 is 5.75. The lowest BCUT2D eigenvalue weighted by atomic mass is 10.3. The van der Waals surface area contributed by atoms with Crippen molar-refractivity contribution in [3.63, 3.8) is 0 Å². The van der Waals surface area contributed by atoms with E-state index in [-0.39, 0.29) is 41.1 Å². The van der Waals surface area contributed by atoms with Gasteiger partial charge in [-0.05, 0) is 34.0 Å². The molecule has 0 spiro atoms. The summed E-state index contributed by atoms with van der Waals surface area (Å²) < 4.78 is 23.7. The molecule has 0 fully saturated rings. The number of nitrogens with zero attached hydrogens (tertiary/aromatic N) is 7. The monoisotopic (exact) mass is 366 g/mol. The van der Waals surface area contributed by atoms with Crippen molar-refractivity contribution in [2.75, 3.05) is 18.4 Å². The van der Waals surface area contributed by atoms with E-state index in [4.69, 9.17) is 17.1 Å². The predicted molar refractivity (Wildman–Crippen MR) is 82.9 cm³/mol. The smallest absolute Gasteiger partial charge is 0.365 e. The number of aromatic nitrogens is 4. The van der Waals surface area contributed by atoms with Crippen LogP contribution in [0.15, 0.2) is 37.3 Å². The SMILES string of the molecule is [N-]=[N+]=NCCNc1nonc1-c1noc(=O)n1-c1ccc(F)c(Cl)c1. The number of halogens is 2. The third-order valence-corrected chi connectivity index (χ3v) is 3.32. The lowest BCUT2D eigenvalue weighted by Gasteiger charge is -2.05. The van der Waals surface area contributed by atoms with Crippen molar-refractivity contribution < 1.29 is 13.5 Å². The molecule has 0 radical (unpaired) electrons. The molecule has 1 aromatic carbocycles. The van der Waals surface area contributed by atoms with Gasteiger partial charge in [0.1, 0.15) is 5.82 Å². The zero-order chi connectivity index (χ0) is 17.8. The van der Waals surface area contributed by atoms with Crippen LogP contribution in [0.2, 0.25) is 5.02 Å². The zero-order valence-corrected chi connectivity index (χ0v) is 13.0. The van der Waals surface area contributed by atoms with Crippen LogP contribution in [-0.4, -0.2) is 33.1 Å². The van der Waals surface area contributed by atoms with Gasteiger partial charge in [0.25, 0.3) is 0 Å². The van der Waals surface area contributed by atoms with E-state index in [9.17, 15) is 9.18 Å². The van der Waals surface area contributed by atoms with Gasteiger partial charge in [0, 0.05) is 18.0 Å². The Morgan fingerprint density at radius 3 is 3.00 bits per heavy atom. The molecule has 0 saturated carbocycles. The third kappa shape index (κ3) is 3.29. The van der Waals surface area contributed by atoms with Gasteiger partial charge in [-0.2, -0.15) is 0 Å². The van der Waals surface area contributed by atoms with Crippen LogP contribution in [-0.2, 0) is 0 Å². The molecule has 0 unspecified atom stereocenters. The van der Waals surface area contributed by atoms with E-state index in [0.29, 0.717) is 0 Å². The van der Waals surface area contributed by atoms with Gasteiger partial charge in [-0.25, -0.2) is 18.4 Å². The molecule has 0 aliphatic heterocycles. The van der Waals surface area contributed by atoms with Crippen molar-refractivity contribution in [1.29, 1.82) is 0 Å². The maximum atomic E-state index is 13.3. The lowest BCUT2D eigenvalue weighted by molar-refractivity contribution is 0.309. The first-order valence-corrected chi connectivity index (χ1v) is 7.11. The Hall–Kier alpha value is -3.37. The van der Waals surface area contributed by atoms with Gasteiger partial charge < -0.3 is 5.32 Å². The third-order valence-electron chi connectivity index (χ3n) is 3.03. The topological polar surface area (TPSA) is 148 Å². The van der Waals surface area contributed by atoms with Crippen molar-refractivity contribution in [1.82, 2.24) is 20.0 Å². The van der Waals surface area contributed by atoms with Crippen LogP contribution in [0.1, 0.15) is 0 Å². The Bertz CT molecular complexity index is 1010. The highest BCUT2D eigenvalue weighted by molar-refractivity contribution is 6.30. The summed E-state index contributed by atoms with van der Waals surface area (Å²) in [5, 5.41) is 17.0. The number of rotatable bonds is 6. The zero-order valence-electron chi connectivity index (χ0n) is 12.3. The summed E-state index contributed by atoms with van der Waals surface area (Å²) in [6.45, 7) is 0.401. The molecule has 0 amide bonds. The summed E-state index contributed by atoms with van der Waals surface area (Å²) in [5.41, 5.74) is 8.54. The van der Waals surface area contributed by atoms with Crippen LogP contribution in [0.5, 0.6) is 0 Å². The van der Waals surface area contributed by atoms with E-state index >= 15 is 0 Å². The molecule has 2 aromatic heterocycles. The molecule has 128 valence electrons. The van der Waals surface area contributed by atoms with Crippen molar-refractivity contribution in [3.05, 3.63) is 50.0 Å². The second kappa shape index (κ2) is 7.03. The second-order valence-electron chi connectivity index (χ2n) is 4.55. The average molecular weight is 367 g/mol. The molecule has 0 aliphatic carbocycles. The summed E-state index contributed by atoms with van der Waals surface area (Å²) in [5.74, 6) is -1.34. The highest BCUT2D eigenvalue weighted by Crippen LogP contribution is 2.25. The van der Waals surface area contributed by atoms with Crippen molar-refractivity contribution in [2.24, 2.45) is 5.11 Å². The van der Waals surface area contributed by atoms with Gasteiger partial charge in [0.2, 0.25) is 11.6 Å². The summed E-state index contributed by atoms with van der Waals surface area (Å²) in [6.07, 6.45) is 0. The summed E-state index contributed by atoms with van der Waals surface area (Å²) in [6, 6.07) is 3.66.